The third-order valence-corrected chi connectivity index (χ3v) is 4.71. The van der Waals surface area contributed by atoms with Crippen LogP contribution in [-0.2, 0) is 9.53 Å². The Hall–Kier alpha value is -2.32. The van der Waals surface area contributed by atoms with Gasteiger partial charge in [-0.1, -0.05) is 18.2 Å². The first kappa shape index (κ1) is 17.5. The van der Waals surface area contributed by atoms with Gasteiger partial charge in [0.1, 0.15) is 6.61 Å². The largest absolute Gasteiger partial charge is 0.394 e. The molecule has 0 saturated carbocycles. The first-order valence-electron chi connectivity index (χ1n) is 8.34. The second-order valence-corrected chi connectivity index (χ2v) is 6.35. The number of carbonyl (C=O) groups is 1. The fourth-order valence-corrected chi connectivity index (χ4v) is 3.59. The highest BCUT2D eigenvalue weighted by atomic mass is 16.5. The topological polar surface area (TPSA) is 93.4 Å². The lowest BCUT2D eigenvalue weighted by atomic mass is 10.1. The molecule has 25 heavy (non-hydrogen) atoms. The molecule has 134 valence electrons. The Morgan fingerprint density at radius 2 is 2.04 bits per heavy atom. The molecular formula is C17H23N5O3. The van der Waals surface area contributed by atoms with E-state index in [2.05, 4.69) is 15.5 Å². The Morgan fingerprint density at radius 3 is 2.68 bits per heavy atom. The number of carbonyl (C=O) groups excluding carboxylic acids is 1. The maximum absolute atomic E-state index is 12.5. The highest BCUT2D eigenvalue weighted by Gasteiger charge is 2.40. The molecule has 0 spiro atoms. The number of tetrazole rings is 1. The molecule has 1 aliphatic rings. The molecule has 2 heterocycles. The molecule has 2 aromatic rings. The third kappa shape index (κ3) is 3.14. The number of methoxy groups -OCH3 is 1. The number of ether oxygens (including phenoxy) is 1. The molecule has 1 aromatic heterocycles. The van der Waals surface area contributed by atoms with E-state index in [0.29, 0.717) is 18.7 Å². The number of aryl methyl sites for hydroxylation is 2. The monoisotopic (exact) mass is 345 g/mol. The van der Waals surface area contributed by atoms with E-state index in [1.165, 1.54) is 7.11 Å². The zero-order valence-corrected chi connectivity index (χ0v) is 14.7. The number of aliphatic hydroxyl groups excluding tert-OH is 1. The summed E-state index contributed by atoms with van der Waals surface area (Å²) in [5.74, 6) is 0.443. The highest BCUT2D eigenvalue weighted by Crippen LogP contribution is 2.36. The lowest BCUT2D eigenvalue weighted by molar-refractivity contribution is -0.139. The van der Waals surface area contributed by atoms with E-state index in [1.54, 1.807) is 9.58 Å². The molecule has 3 rings (SSSR count). The van der Waals surface area contributed by atoms with Crippen LogP contribution in [0.25, 0.3) is 5.69 Å². The summed E-state index contributed by atoms with van der Waals surface area (Å²) in [6.07, 6.45) is 1.40. The molecule has 8 heteroatoms. The minimum Gasteiger partial charge on any atom is -0.394 e. The van der Waals surface area contributed by atoms with E-state index in [-0.39, 0.29) is 31.2 Å². The number of rotatable bonds is 5. The van der Waals surface area contributed by atoms with E-state index < -0.39 is 0 Å². The molecule has 1 amide bonds. The van der Waals surface area contributed by atoms with Crippen molar-refractivity contribution in [2.75, 3.05) is 20.3 Å². The van der Waals surface area contributed by atoms with E-state index >= 15 is 0 Å². The molecule has 0 radical (unpaired) electrons. The van der Waals surface area contributed by atoms with Crippen LogP contribution >= 0.6 is 0 Å². The predicted molar refractivity (Wildman–Crippen MR) is 90.2 cm³/mol. The normalized spacial score (nSPS) is 20.2. The summed E-state index contributed by atoms with van der Waals surface area (Å²) < 4.78 is 6.71. The van der Waals surface area contributed by atoms with Crippen molar-refractivity contribution >= 4 is 5.91 Å². The lowest BCUT2D eigenvalue weighted by Gasteiger charge is -2.28. The number of aromatic nitrogens is 4. The Balaban J connectivity index is 2.03. The van der Waals surface area contributed by atoms with Gasteiger partial charge in [-0.15, -0.1) is 5.10 Å². The van der Waals surface area contributed by atoms with Crippen molar-refractivity contribution in [2.45, 2.75) is 38.8 Å². The van der Waals surface area contributed by atoms with Gasteiger partial charge in [0.05, 0.1) is 24.4 Å². The fourth-order valence-electron chi connectivity index (χ4n) is 3.59. The van der Waals surface area contributed by atoms with Crippen molar-refractivity contribution in [1.29, 1.82) is 0 Å². The van der Waals surface area contributed by atoms with Crippen molar-refractivity contribution in [3.8, 4) is 5.69 Å². The molecule has 1 aromatic carbocycles. The summed E-state index contributed by atoms with van der Waals surface area (Å²) in [7, 11) is 1.48. The fraction of sp³-hybridized carbons (Fsp3) is 0.529. The predicted octanol–water partition coefficient (Wildman–Crippen LogP) is 0.950. The lowest BCUT2D eigenvalue weighted by Crippen LogP contribution is -2.41. The minimum atomic E-state index is -0.284. The summed E-state index contributed by atoms with van der Waals surface area (Å²) in [6.45, 7) is 3.90. The molecule has 0 aliphatic carbocycles. The van der Waals surface area contributed by atoms with E-state index in [0.717, 1.165) is 16.8 Å². The summed E-state index contributed by atoms with van der Waals surface area (Å²) in [4.78, 5) is 14.2. The molecule has 1 N–H and O–H groups in total. The Morgan fingerprint density at radius 1 is 1.32 bits per heavy atom. The summed E-state index contributed by atoms with van der Waals surface area (Å²) >= 11 is 0. The van der Waals surface area contributed by atoms with Gasteiger partial charge in [0.25, 0.3) is 0 Å². The Labute approximate surface area is 146 Å². The molecule has 1 saturated heterocycles. The maximum atomic E-state index is 12.5. The molecule has 8 nitrogen and oxygen atoms in total. The van der Waals surface area contributed by atoms with Gasteiger partial charge in [-0.2, -0.15) is 4.68 Å². The zero-order valence-electron chi connectivity index (χ0n) is 14.7. The van der Waals surface area contributed by atoms with Crippen LogP contribution in [0.5, 0.6) is 0 Å². The zero-order chi connectivity index (χ0) is 18.0. The number of hydrogen-bond donors (Lipinski definition) is 1. The third-order valence-electron chi connectivity index (χ3n) is 4.71. The Bertz CT molecular complexity index is 740. The SMILES string of the molecule is COCC(=O)N1[C@H](CO)CC[C@@H]1c1nnnn1-c1c(C)cccc1C. The first-order valence-corrected chi connectivity index (χ1v) is 8.34. The molecule has 2 atom stereocenters. The van der Waals surface area contributed by atoms with Crippen molar-refractivity contribution in [1.82, 2.24) is 25.1 Å². The second kappa shape index (κ2) is 7.28. The van der Waals surface area contributed by atoms with E-state index in [4.69, 9.17) is 4.74 Å². The van der Waals surface area contributed by atoms with Gasteiger partial charge >= 0.3 is 0 Å². The van der Waals surface area contributed by atoms with Crippen LogP contribution in [0.4, 0.5) is 0 Å². The van der Waals surface area contributed by atoms with Crippen LogP contribution in [0, 0.1) is 13.8 Å². The number of para-hydroxylation sites is 1. The van der Waals surface area contributed by atoms with Crippen LogP contribution in [0.15, 0.2) is 18.2 Å². The van der Waals surface area contributed by atoms with Crippen molar-refractivity contribution < 1.29 is 14.6 Å². The van der Waals surface area contributed by atoms with Gasteiger partial charge in [-0.3, -0.25) is 4.79 Å². The van der Waals surface area contributed by atoms with Gasteiger partial charge in [0.2, 0.25) is 5.91 Å². The highest BCUT2D eigenvalue weighted by molar-refractivity contribution is 5.78. The smallest absolute Gasteiger partial charge is 0.249 e. The average Bonchev–Trinajstić information content (AvgIpc) is 3.20. The standard InChI is InChI=1S/C17H23N5O3/c1-11-5-4-6-12(2)16(11)22-17(18-19-20-22)14-8-7-13(9-23)21(14)15(24)10-25-3/h4-6,13-14,23H,7-10H2,1-3H3/t13-,14+/m0/s1. The number of benzene rings is 1. The van der Waals surface area contributed by atoms with Crippen LogP contribution in [0.3, 0.4) is 0 Å². The number of nitrogens with zero attached hydrogens (tertiary/aromatic N) is 5. The summed E-state index contributed by atoms with van der Waals surface area (Å²) in [5.41, 5.74) is 3.04. The molecule has 1 fully saturated rings. The molecular weight excluding hydrogens is 322 g/mol. The minimum absolute atomic E-state index is 0.0298. The number of amides is 1. The van der Waals surface area contributed by atoms with Crippen LogP contribution in [0.1, 0.15) is 35.8 Å². The Kier molecular flexibility index (Phi) is 5.10. The van der Waals surface area contributed by atoms with Gasteiger partial charge in [-0.25, -0.2) is 0 Å². The number of likely N-dealkylation sites (tertiary alicyclic amines) is 1. The van der Waals surface area contributed by atoms with E-state index in [1.807, 2.05) is 32.0 Å². The van der Waals surface area contributed by atoms with Gasteiger partial charge < -0.3 is 14.7 Å². The summed E-state index contributed by atoms with van der Waals surface area (Å²) in [6, 6.07) is 5.48. The van der Waals surface area contributed by atoms with Crippen LogP contribution in [-0.4, -0.2) is 62.5 Å². The van der Waals surface area contributed by atoms with Crippen molar-refractivity contribution in [2.24, 2.45) is 0 Å². The maximum Gasteiger partial charge on any atom is 0.249 e. The van der Waals surface area contributed by atoms with E-state index in [9.17, 15) is 9.90 Å². The van der Waals surface area contributed by atoms with Crippen molar-refractivity contribution in [3.63, 3.8) is 0 Å². The average molecular weight is 345 g/mol. The first-order chi connectivity index (χ1) is 12.1. The second-order valence-electron chi connectivity index (χ2n) is 6.35. The molecule has 1 aliphatic heterocycles. The number of aliphatic hydroxyl groups is 1. The quantitative estimate of drug-likeness (QED) is 0.867. The van der Waals surface area contributed by atoms with Gasteiger partial charge in [0.15, 0.2) is 5.82 Å². The van der Waals surface area contributed by atoms with Crippen molar-refractivity contribution in [3.05, 3.63) is 35.2 Å². The van der Waals surface area contributed by atoms with Crippen LogP contribution < -0.4 is 0 Å². The van der Waals surface area contributed by atoms with Gasteiger partial charge in [0, 0.05) is 7.11 Å². The molecule has 0 bridgehead atoms. The number of hydrogen-bond acceptors (Lipinski definition) is 6. The van der Waals surface area contributed by atoms with Gasteiger partial charge in [-0.05, 0) is 48.2 Å². The van der Waals surface area contributed by atoms with Crippen LogP contribution in [0.2, 0.25) is 0 Å². The molecule has 0 unspecified atom stereocenters. The summed E-state index contributed by atoms with van der Waals surface area (Å²) in [5, 5.41) is 21.9.